The Hall–Kier alpha value is -2.15. The molecule has 0 atom stereocenters. The van der Waals surface area contributed by atoms with Crippen molar-refractivity contribution in [2.75, 3.05) is 24.3 Å². The number of nitrogens with one attached hydrogen (secondary N) is 2. The number of nitrogens with zero attached hydrogens (tertiary/aromatic N) is 4. The van der Waals surface area contributed by atoms with E-state index in [4.69, 9.17) is 0 Å². The van der Waals surface area contributed by atoms with E-state index in [1.54, 1.807) is 24.6 Å². The van der Waals surface area contributed by atoms with Gasteiger partial charge in [-0.2, -0.15) is 15.1 Å². The summed E-state index contributed by atoms with van der Waals surface area (Å²) in [6, 6.07) is 4.17. The molecule has 0 bridgehead atoms. The number of aromatic nitrogens is 4. The minimum Gasteiger partial charge on any atom is -0.357 e. The molecule has 0 radical (unpaired) electrons. The summed E-state index contributed by atoms with van der Waals surface area (Å²) in [5.74, 6) is 1.46. The second-order valence-electron chi connectivity index (χ2n) is 4.19. The van der Waals surface area contributed by atoms with Gasteiger partial charge in [0.15, 0.2) is 5.65 Å². The lowest BCUT2D eigenvalue weighted by Gasteiger charge is -2.18. The van der Waals surface area contributed by atoms with Crippen LogP contribution in [-0.4, -0.2) is 34.3 Å². The van der Waals surface area contributed by atoms with Crippen LogP contribution in [-0.2, 0) is 6.54 Å². The minimum atomic E-state index is 0.588. The molecule has 0 aliphatic heterocycles. The zero-order valence-electron chi connectivity index (χ0n) is 10.7. The topological polar surface area (TPSA) is 69.7 Å². The quantitative estimate of drug-likeness (QED) is 0.762. The summed E-state index contributed by atoms with van der Waals surface area (Å²) in [6.45, 7) is 0.818. The summed E-state index contributed by atoms with van der Waals surface area (Å²) < 4.78 is 0. The zero-order chi connectivity index (χ0) is 13.2. The Balaban J connectivity index is 2.00. The molecule has 98 valence electrons. The molecular weight excluding hydrogens is 260 g/mol. The number of rotatable bonds is 4. The van der Waals surface area contributed by atoms with Crippen LogP contribution in [0.3, 0.4) is 0 Å². The summed E-state index contributed by atoms with van der Waals surface area (Å²) >= 11 is 1.74. The number of fused-ring (bicyclic) bond motifs is 1. The smallest absolute Gasteiger partial charge is 0.226 e. The average molecular weight is 274 g/mol. The Morgan fingerprint density at radius 3 is 3.05 bits per heavy atom. The van der Waals surface area contributed by atoms with Gasteiger partial charge in [0.2, 0.25) is 5.95 Å². The fraction of sp³-hybridized carbons (Fsp3) is 0.250. The highest BCUT2D eigenvalue weighted by Crippen LogP contribution is 2.24. The van der Waals surface area contributed by atoms with Crippen LogP contribution in [0.5, 0.6) is 0 Å². The first-order valence-electron chi connectivity index (χ1n) is 5.90. The molecule has 0 aliphatic rings. The largest absolute Gasteiger partial charge is 0.357 e. The van der Waals surface area contributed by atoms with Crippen molar-refractivity contribution >= 4 is 34.1 Å². The monoisotopic (exact) mass is 274 g/mol. The average Bonchev–Trinajstić information content (AvgIpc) is 3.07. The lowest BCUT2D eigenvalue weighted by Crippen LogP contribution is -2.18. The minimum absolute atomic E-state index is 0.588. The molecule has 0 aromatic carbocycles. The van der Waals surface area contributed by atoms with E-state index in [1.165, 1.54) is 4.88 Å². The maximum absolute atomic E-state index is 4.52. The first-order chi connectivity index (χ1) is 9.28. The second-order valence-corrected chi connectivity index (χ2v) is 5.22. The van der Waals surface area contributed by atoms with E-state index in [0.717, 1.165) is 23.4 Å². The normalized spacial score (nSPS) is 10.8. The molecule has 0 amide bonds. The molecular formula is C12H14N6S. The molecule has 3 aromatic heterocycles. The molecule has 0 unspecified atom stereocenters. The van der Waals surface area contributed by atoms with Crippen molar-refractivity contribution in [3.8, 4) is 0 Å². The number of hydrogen-bond donors (Lipinski definition) is 2. The third-order valence-electron chi connectivity index (χ3n) is 2.85. The maximum atomic E-state index is 4.52. The SMILES string of the molecule is CNc1nc(N(C)Cc2cccs2)c2cn[nH]c2n1. The van der Waals surface area contributed by atoms with Gasteiger partial charge in [-0.3, -0.25) is 5.10 Å². The molecule has 7 heteroatoms. The van der Waals surface area contributed by atoms with Crippen molar-refractivity contribution in [2.45, 2.75) is 6.54 Å². The van der Waals surface area contributed by atoms with E-state index in [9.17, 15) is 0 Å². The third-order valence-corrected chi connectivity index (χ3v) is 3.71. The zero-order valence-corrected chi connectivity index (χ0v) is 11.5. The number of anilines is 2. The third kappa shape index (κ3) is 2.24. The summed E-state index contributed by atoms with van der Waals surface area (Å²) in [7, 11) is 3.83. The van der Waals surface area contributed by atoms with Gasteiger partial charge < -0.3 is 10.2 Å². The Labute approximate surface area is 114 Å². The molecule has 6 nitrogen and oxygen atoms in total. The molecule has 0 saturated carbocycles. The van der Waals surface area contributed by atoms with Crippen LogP contribution < -0.4 is 10.2 Å². The Morgan fingerprint density at radius 1 is 1.42 bits per heavy atom. The predicted octanol–water partition coefficient (Wildman–Crippen LogP) is 2.09. The fourth-order valence-electron chi connectivity index (χ4n) is 1.93. The van der Waals surface area contributed by atoms with E-state index < -0.39 is 0 Å². The fourth-order valence-corrected chi connectivity index (χ4v) is 2.69. The predicted molar refractivity (Wildman–Crippen MR) is 77.7 cm³/mol. The molecule has 2 N–H and O–H groups in total. The van der Waals surface area contributed by atoms with Crippen LogP contribution in [0.4, 0.5) is 11.8 Å². The lowest BCUT2D eigenvalue weighted by molar-refractivity contribution is 0.915. The Kier molecular flexibility index (Phi) is 3.04. The Bertz CT molecular complexity index is 675. The molecule has 0 aliphatic carbocycles. The van der Waals surface area contributed by atoms with E-state index in [-0.39, 0.29) is 0 Å². The van der Waals surface area contributed by atoms with Gasteiger partial charge in [-0.25, -0.2) is 0 Å². The van der Waals surface area contributed by atoms with Crippen LogP contribution in [0.1, 0.15) is 4.88 Å². The van der Waals surface area contributed by atoms with Crippen molar-refractivity contribution in [1.29, 1.82) is 0 Å². The van der Waals surface area contributed by atoms with Gasteiger partial charge >= 0.3 is 0 Å². The van der Waals surface area contributed by atoms with Gasteiger partial charge in [0.1, 0.15) is 5.82 Å². The van der Waals surface area contributed by atoms with Crippen LogP contribution >= 0.6 is 11.3 Å². The highest BCUT2D eigenvalue weighted by Gasteiger charge is 2.13. The summed E-state index contributed by atoms with van der Waals surface area (Å²) in [4.78, 5) is 12.2. The van der Waals surface area contributed by atoms with Crippen molar-refractivity contribution in [2.24, 2.45) is 0 Å². The number of H-pyrrole nitrogens is 1. The first-order valence-corrected chi connectivity index (χ1v) is 6.78. The van der Waals surface area contributed by atoms with Crippen molar-refractivity contribution in [3.05, 3.63) is 28.6 Å². The highest BCUT2D eigenvalue weighted by atomic mass is 32.1. The number of aromatic amines is 1. The van der Waals surface area contributed by atoms with E-state index in [2.05, 4.69) is 47.9 Å². The summed E-state index contributed by atoms with van der Waals surface area (Å²) in [5.41, 5.74) is 0.743. The van der Waals surface area contributed by atoms with Gasteiger partial charge in [-0.05, 0) is 11.4 Å². The Morgan fingerprint density at radius 2 is 2.32 bits per heavy atom. The van der Waals surface area contributed by atoms with Crippen molar-refractivity contribution in [3.63, 3.8) is 0 Å². The van der Waals surface area contributed by atoms with Gasteiger partial charge in [0, 0.05) is 19.0 Å². The number of thiophene rings is 1. The van der Waals surface area contributed by atoms with E-state index in [1.807, 2.05) is 7.05 Å². The molecule has 0 saturated heterocycles. The molecule has 0 fully saturated rings. The molecule has 19 heavy (non-hydrogen) atoms. The van der Waals surface area contributed by atoms with E-state index in [0.29, 0.717) is 5.95 Å². The number of hydrogen-bond acceptors (Lipinski definition) is 6. The standard InChI is InChI=1S/C12H14N6S/c1-13-12-15-10-9(6-14-17-10)11(16-12)18(2)7-8-4-3-5-19-8/h3-6H,7H2,1-2H3,(H2,13,14,15,16,17). The van der Waals surface area contributed by atoms with Crippen LogP contribution in [0.25, 0.3) is 11.0 Å². The second kappa shape index (κ2) is 4.85. The van der Waals surface area contributed by atoms with Crippen LogP contribution in [0.15, 0.2) is 23.7 Å². The molecule has 3 rings (SSSR count). The lowest BCUT2D eigenvalue weighted by atomic mass is 10.3. The van der Waals surface area contributed by atoms with Crippen molar-refractivity contribution < 1.29 is 0 Å². The summed E-state index contributed by atoms with van der Waals surface area (Å²) in [6.07, 6.45) is 1.76. The molecule has 0 spiro atoms. The van der Waals surface area contributed by atoms with Gasteiger partial charge in [-0.15, -0.1) is 11.3 Å². The maximum Gasteiger partial charge on any atom is 0.226 e. The van der Waals surface area contributed by atoms with Crippen molar-refractivity contribution in [1.82, 2.24) is 20.2 Å². The molecule has 3 aromatic rings. The first kappa shape index (κ1) is 11.9. The summed E-state index contributed by atoms with van der Waals surface area (Å²) in [5, 5.41) is 12.9. The van der Waals surface area contributed by atoms with Gasteiger partial charge in [-0.1, -0.05) is 6.07 Å². The molecule has 3 heterocycles. The van der Waals surface area contributed by atoms with Crippen LogP contribution in [0.2, 0.25) is 0 Å². The highest BCUT2D eigenvalue weighted by molar-refractivity contribution is 7.09. The van der Waals surface area contributed by atoms with Crippen LogP contribution in [0, 0.1) is 0 Å². The van der Waals surface area contributed by atoms with E-state index >= 15 is 0 Å². The van der Waals surface area contributed by atoms with Gasteiger partial charge in [0.25, 0.3) is 0 Å². The van der Waals surface area contributed by atoms with Gasteiger partial charge in [0.05, 0.1) is 18.1 Å².